The highest BCUT2D eigenvalue weighted by Gasteiger charge is 2.24. The van der Waals surface area contributed by atoms with Crippen LogP contribution >= 0.6 is 0 Å². The lowest BCUT2D eigenvalue weighted by molar-refractivity contribution is -0.143. The van der Waals surface area contributed by atoms with Gasteiger partial charge in [0.25, 0.3) is 0 Å². The maximum absolute atomic E-state index is 11.9. The Balaban J connectivity index is 3.26. The minimum Gasteiger partial charge on any atom is -0.426 e. The zero-order valence-corrected chi connectivity index (χ0v) is 12.9. The van der Waals surface area contributed by atoms with E-state index < -0.39 is 11.4 Å². The van der Waals surface area contributed by atoms with Crippen molar-refractivity contribution in [3.63, 3.8) is 0 Å². The highest BCUT2D eigenvalue weighted by Crippen LogP contribution is 2.32. The van der Waals surface area contributed by atoms with Crippen molar-refractivity contribution in [2.24, 2.45) is 5.41 Å². The molecule has 21 heavy (non-hydrogen) atoms. The topological polar surface area (TPSA) is 52.6 Å². The fourth-order valence-electron chi connectivity index (χ4n) is 1.53. The van der Waals surface area contributed by atoms with E-state index in [0.29, 0.717) is 22.6 Å². The molecule has 0 radical (unpaired) electrons. The Labute approximate surface area is 125 Å². The van der Waals surface area contributed by atoms with Gasteiger partial charge in [-0.2, -0.15) is 0 Å². The van der Waals surface area contributed by atoms with Crippen LogP contribution in [0.3, 0.4) is 0 Å². The summed E-state index contributed by atoms with van der Waals surface area (Å²) in [5.41, 5.74) is 0.496. The Hall–Kier alpha value is -2.36. The number of ether oxygens (including phenoxy) is 2. The Bertz CT molecular complexity index is 562. The van der Waals surface area contributed by atoms with E-state index in [1.807, 2.05) is 0 Å². The van der Waals surface area contributed by atoms with Crippen LogP contribution in [0.25, 0.3) is 12.2 Å². The second-order valence-corrected chi connectivity index (χ2v) is 5.57. The average molecular weight is 288 g/mol. The second kappa shape index (κ2) is 6.39. The second-order valence-electron chi connectivity index (χ2n) is 5.57. The lowest BCUT2D eigenvalue weighted by Gasteiger charge is -2.18. The van der Waals surface area contributed by atoms with Crippen LogP contribution in [0.15, 0.2) is 25.3 Å². The van der Waals surface area contributed by atoms with Crippen molar-refractivity contribution in [1.29, 1.82) is 0 Å². The summed E-state index contributed by atoms with van der Waals surface area (Å²) in [7, 11) is 0. The molecule has 4 nitrogen and oxygen atoms in total. The van der Waals surface area contributed by atoms with Crippen molar-refractivity contribution in [2.75, 3.05) is 0 Å². The molecular formula is C17H20O4. The molecule has 112 valence electrons. The largest absolute Gasteiger partial charge is 0.426 e. The van der Waals surface area contributed by atoms with Gasteiger partial charge in [0, 0.05) is 18.1 Å². The van der Waals surface area contributed by atoms with E-state index in [4.69, 9.17) is 9.47 Å². The molecule has 0 amide bonds. The number of hydrogen-bond donors (Lipinski definition) is 0. The Kier molecular flexibility index (Phi) is 5.08. The van der Waals surface area contributed by atoms with Gasteiger partial charge in [-0.05, 0) is 32.9 Å². The molecule has 1 aromatic carbocycles. The first-order valence-corrected chi connectivity index (χ1v) is 6.52. The normalized spacial score (nSPS) is 10.7. The summed E-state index contributed by atoms with van der Waals surface area (Å²) >= 11 is 0. The van der Waals surface area contributed by atoms with Gasteiger partial charge >= 0.3 is 11.9 Å². The molecule has 1 aromatic rings. The third-order valence-electron chi connectivity index (χ3n) is 2.63. The van der Waals surface area contributed by atoms with Crippen LogP contribution in [0.5, 0.6) is 11.5 Å². The predicted octanol–water partition coefficient (Wildman–Crippen LogP) is 3.85. The smallest absolute Gasteiger partial charge is 0.316 e. The monoisotopic (exact) mass is 288 g/mol. The summed E-state index contributed by atoms with van der Waals surface area (Å²) in [4.78, 5) is 23.1. The van der Waals surface area contributed by atoms with Gasteiger partial charge in [-0.25, -0.2) is 0 Å². The van der Waals surface area contributed by atoms with Crippen molar-refractivity contribution >= 4 is 24.1 Å². The first-order chi connectivity index (χ1) is 9.68. The van der Waals surface area contributed by atoms with Gasteiger partial charge in [0.1, 0.15) is 11.5 Å². The third kappa shape index (κ3) is 4.31. The molecule has 0 unspecified atom stereocenters. The van der Waals surface area contributed by atoms with Gasteiger partial charge in [-0.1, -0.05) is 25.3 Å². The molecule has 0 saturated carbocycles. The molecular weight excluding hydrogens is 268 g/mol. The lowest BCUT2D eigenvalue weighted by Crippen LogP contribution is -2.25. The summed E-state index contributed by atoms with van der Waals surface area (Å²) in [6.07, 6.45) is 3.05. The van der Waals surface area contributed by atoms with Crippen molar-refractivity contribution in [3.05, 3.63) is 36.4 Å². The van der Waals surface area contributed by atoms with Gasteiger partial charge in [0.2, 0.25) is 0 Å². The lowest BCUT2D eigenvalue weighted by atomic mass is 9.97. The minimum atomic E-state index is -0.614. The van der Waals surface area contributed by atoms with Crippen molar-refractivity contribution < 1.29 is 19.1 Å². The summed E-state index contributed by atoms with van der Waals surface area (Å²) in [6, 6.07) is 3.20. The predicted molar refractivity (Wildman–Crippen MR) is 83.0 cm³/mol. The minimum absolute atomic E-state index is 0.350. The van der Waals surface area contributed by atoms with Gasteiger partial charge in [0.15, 0.2) is 0 Å². The van der Waals surface area contributed by atoms with Crippen molar-refractivity contribution in [3.8, 4) is 11.5 Å². The summed E-state index contributed by atoms with van der Waals surface area (Å²) in [5, 5.41) is 0. The van der Waals surface area contributed by atoms with Crippen LogP contribution in [0.4, 0.5) is 0 Å². The van der Waals surface area contributed by atoms with E-state index in [1.165, 1.54) is 19.1 Å². The highest BCUT2D eigenvalue weighted by molar-refractivity contribution is 5.80. The summed E-state index contributed by atoms with van der Waals surface area (Å²) < 4.78 is 10.5. The Morgan fingerprint density at radius 2 is 1.52 bits per heavy atom. The quantitative estimate of drug-likeness (QED) is 0.624. The van der Waals surface area contributed by atoms with Crippen LogP contribution in [0.2, 0.25) is 0 Å². The average Bonchev–Trinajstić information content (AvgIpc) is 2.38. The van der Waals surface area contributed by atoms with E-state index >= 15 is 0 Å². The maximum Gasteiger partial charge on any atom is 0.316 e. The van der Waals surface area contributed by atoms with E-state index in [-0.39, 0.29) is 5.97 Å². The van der Waals surface area contributed by atoms with E-state index in [9.17, 15) is 9.59 Å². The molecule has 0 aromatic heterocycles. The van der Waals surface area contributed by atoms with E-state index in [1.54, 1.807) is 32.9 Å². The zero-order chi connectivity index (χ0) is 16.2. The van der Waals surface area contributed by atoms with Gasteiger partial charge in [-0.15, -0.1) is 0 Å². The molecule has 0 atom stereocenters. The number of esters is 2. The van der Waals surface area contributed by atoms with Crippen LogP contribution in [-0.4, -0.2) is 11.9 Å². The molecule has 4 heteroatoms. The zero-order valence-electron chi connectivity index (χ0n) is 12.9. The molecule has 0 spiro atoms. The summed E-state index contributed by atoms with van der Waals surface area (Å²) in [6.45, 7) is 14.0. The van der Waals surface area contributed by atoms with Crippen LogP contribution in [0.1, 0.15) is 38.8 Å². The standard InChI is InChI=1S/C17H20O4/c1-7-12-9-14(21-16(19)17(4,5)6)10-13(8-2)15(12)20-11(3)18/h7-10H,1-2H2,3-6H3. The van der Waals surface area contributed by atoms with Gasteiger partial charge in [-0.3, -0.25) is 9.59 Å². The third-order valence-corrected chi connectivity index (χ3v) is 2.63. The molecule has 0 heterocycles. The molecule has 0 N–H and O–H groups in total. The van der Waals surface area contributed by atoms with Gasteiger partial charge in [0.05, 0.1) is 5.41 Å². The Morgan fingerprint density at radius 3 is 1.86 bits per heavy atom. The number of rotatable bonds is 4. The Morgan fingerprint density at radius 1 is 1.05 bits per heavy atom. The first-order valence-electron chi connectivity index (χ1n) is 6.52. The number of benzene rings is 1. The number of carbonyl (C=O) groups excluding carboxylic acids is 2. The molecule has 0 saturated heterocycles. The van der Waals surface area contributed by atoms with E-state index in [2.05, 4.69) is 13.2 Å². The number of carbonyl (C=O) groups is 2. The maximum atomic E-state index is 11.9. The molecule has 0 aliphatic rings. The van der Waals surface area contributed by atoms with Crippen molar-refractivity contribution in [1.82, 2.24) is 0 Å². The first kappa shape index (κ1) is 16.7. The molecule has 0 fully saturated rings. The molecule has 1 rings (SSSR count). The fraction of sp³-hybridized carbons (Fsp3) is 0.294. The SMILES string of the molecule is C=Cc1cc(OC(=O)C(C)(C)C)cc(C=C)c1OC(C)=O. The highest BCUT2D eigenvalue weighted by atomic mass is 16.5. The van der Waals surface area contributed by atoms with Crippen LogP contribution in [0, 0.1) is 5.41 Å². The van der Waals surface area contributed by atoms with E-state index in [0.717, 1.165) is 0 Å². The fourth-order valence-corrected chi connectivity index (χ4v) is 1.53. The molecule has 0 aliphatic carbocycles. The van der Waals surface area contributed by atoms with Crippen LogP contribution in [-0.2, 0) is 9.59 Å². The number of hydrogen-bond acceptors (Lipinski definition) is 4. The van der Waals surface area contributed by atoms with Crippen LogP contribution < -0.4 is 9.47 Å². The molecule has 0 aliphatic heterocycles. The van der Waals surface area contributed by atoms with Gasteiger partial charge < -0.3 is 9.47 Å². The summed E-state index contributed by atoms with van der Waals surface area (Å²) in [5.74, 6) is -0.0907. The van der Waals surface area contributed by atoms with Crippen molar-refractivity contribution in [2.45, 2.75) is 27.7 Å². The molecule has 0 bridgehead atoms.